The van der Waals surface area contributed by atoms with Crippen LogP contribution in [0, 0.1) is 0 Å². The minimum Gasteiger partial charge on any atom is -0.348 e. The molecule has 1 amide bonds. The summed E-state index contributed by atoms with van der Waals surface area (Å²) in [5.41, 5.74) is 4.27. The molecule has 0 saturated carbocycles. The van der Waals surface area contributed by atoms with Gasteiger partial charge in [0.05, 0.1) is 23.3 Å². The Labute approximate surface area is 151 Å². The Morgan fingerprint density at radius 1 is 1.31 bits per heavy atom. The van der Waals surface area contributed by atoms with Crippen LogP contribution >= 0.6 is 0 Å². The fourth-order valence-corrected chi connectivity index (χ4v) is 3.50. The third kappa shape index (κ3) is 2.85. The fraction of sp³-hybridized carbons (Fsp3) is 0.316. The Balaban J connectivity index is 1.77. The van der Waals surface area contributed by atoms with E-state index in [-0.39, 0.29) is 11.9 Å². The Morgan fingerprint density at radius 2 is 2.23 bits per heavy atom. The molecule has 0 bridgehead atoms. The maximum atomic E-state index is 13.4. The van der Waals surface area contributed by atoms with Crippen LogP contribution in [0.4, 0.5) is 0 Å². The average molecular weight is 348 g/mol. The predicted octanol–water partition coefficient (Wildman–Crippen LogP) is 2.34. The first-order valence-corrected chi connectivity index (χ1v) is 8.81. The van der Waals surface area contributed by atoms with E-state index >= 15 is 0 Å². The summed E-state index contributed by atoms with van der Waals surface area (Å²) in [6, 6.07) is 3.60. The second kappa shape index (κ2) is 7.03. The van der Waals surface area contributed by atoms with E-state index in [0.29, 0.717) is 12.1 Å². The van der Waals surface area contributed by atoms with E-state index in [1.54, 1.807) is 24.9 Å². The number of aromatic amines is 1. The molecule has 0 unspecified atom stereocenters. The van der Waals surface area contributed by atoms with Crippen molar-refractivity contribution >= 4 is 5.91 Å². The molecule has 26 heavy (non-hydrogen) atoms. The molecular formula is C19H20N6O. The van der Waals surface area contributed by atoms with Crippen molar-refractivity contribution in [3.05, 3.63) is 71.6 Å². The number of H-pyrrole nitrogens is 1. The standard InChI is InChI=1S/C19H20N6O/c1-2-4-15-14(10-21-11-22-15)19(26)25-8-6-16-17(24-12-23-16)18(25)13-5-3-7-20-9-13/h3,5,7,9-12,18H,2,4,6,8H2,1H3,(H,23,24)/t18-/m1/s1. The number of amides is 1. The molecule has 0 spiro atoms. The molecule has 7 heteroatoms. The van der Waals surface area contributed by atoms with Crippen molar-refractivity contribution in [2.45, 2.75) is 32.2 Å². The Bertz CT molecular complexity index is 907. The summed E-state index contributed by atoms with van der Waals surface area (Å²) < 4.78 is 0. The van der Waals surface area contributed by atoms with Gasteiger partial charge in [-0.2, -0.15) is 0 Å². The number of nitrogens with zero attached hydrogens (tertiary/aromatic N) is 5. The summed E-state index contributed by atoms with van der Waals surface area (Å²) in [6.45, 7) is 2.68. The monoisotopic (exact) mass is 348 g/mol. The molecule has 0 saturated heterocycles. The largest absolute Gasteiger partial charge is 0.348 e. The van der Waals surface area contributed by atoms with Gasteiger partial charge in [0.1, 0.15) is 12.4 Å². The summed E-state index contributed by atoms with van der Waals surface area (Å²) in [7, 11) is 0. The molecule has 1 aliphatic rings. The van der Waals surface area contributed by atoms with Crippen LogP contribution in [0.2, 0.25) is 0 Å². The average Bonchev–Trinajstić information content (AvgIpc) is 3.17. The molecule has 3 aromatic rings. The van der Waals surface area contributed by atoms with Crippen molar-refractivity contribution in [2.75, 3.05) is 6.54 Å². The quantitative estimate of drug-likeness (QED) is 0.782. The number of fused-ring (bicyclic) bond motifs is 1. The van der Waals surface area contributed by atoms with Crippen molar-refractivity contribution in [1.29, 1.82) is 0 Å². The molecule has 0 aliphatic carbocycles. The Kier molecular flexibility index (Phi) is 4.43. The smallest absolute Gasteiger partial charge is 0.258 e. The van der Waals surface area contributed by atoms with Gasteiger partial charge >= 0.3 is 0 Å². The summed E-state index contributed by atoms with van der Waals surface area (Å²) in [6.07, 6.45) is 10.8. The van der Waals surface area contributed by atoms with Crippen LogP contribution in [0.25, 0.3) is 0 Å². The van der Waals surface area contributed by atoms with E-state index in [4.69, 9.17) is 0 Å². The normalized spacial score (nSPS) is 16.3. The Hall–Kier alpha value is -3.09. The first kappa shape index (κ1) is 16.4. The van der Waals surface area contributed by atoms with Crippen LogP contribution in [0.15, 0.2) is 43.4 Å². The van der Waals surface area contributed by atoms with E-state index in [9.17, 15) is 4.79 Å². The highest BCUT2D eigenvalue weighted by molar-refractivity contribution is 5.95. The molecule has 132 valence electrons. The van der Waals surface area contributed by atoms with Crippen LogP contribution in [0.1, 0.15) is 52.4 Å². The maximum absolute atomic E-state index is 13.4. The number of hydrogen-bond acceptors (Lipinski definition) is 5. The van der Waals surface area contributed by atoms with Crippen LogP contribution in [-0.2, 0) is 12.8 Å². The van der Waals surface area contributed by atoms with Gasteiger partial charge in [-0.15, -0.1) is 0 Å². The molecule has 4 rings (SSSR count). The van der Waals surface area contributed by atoms with E-state index in [1.807, 2.05) is 17.0 Å². The van der Waals surface area contributed by atoms with Gasteiger partial charge in [-0.05, 0) is 18.1 Å². The van der Waals surface area contributed by atoms with Gasteiger partial charge in [0.15, 0.2) is 0 Å². The zero-order valence-electron chi connectivity index (χ0n) is 14.6. The first-order chi connectivity index (χ1) is 12.8. The molecule has 4 heterocycles. The summed E-state index contributed by atoms with van der Waals surface area (Å²) in [5, 5.41) is 0. The second-order valence-electron chi connectivity index (χ2n) is 6.34. The number of carbonyl (C=O) groups is 1. The number of aryl methyl sites for hydroxylation is 1. The molecule has 3 aromatic heterocycles. The van der Waals surface area contributed by atoms with Gasteiger partial charge in [-0.1, -0.05) is 19.4 Å². The van der Waals surface area contributed by atoms with Gasteiger partial charge in [-0.3, -0.25) is 9.78 Å². The molecule has 1 N–H and O–H groups in total. The third-order valence-corrected chi connectivity index (χ3v) is 4.70. The zero-order valence-corrected chi connectivity index (χ0v) is 14.6. The summed E-state index contributed by atoms with van der Waals surface area (Å²) in [4.78, 5) is 35.6. The van der Waals surface area contributed by atoms with Gasteiger partial charge in [0, 0.05) is 37.3 Å². The zero-order chi connectivity index (χ0) is 17.9. The number of rotatable bonds is 4. The van der Waals surface area contributed by atoms with Gasteiger partial charge in [0.2, 0.25) is 0 Å². The topological polar surface area (TPSA) is 87.7 Å². The lowest BCUT2D eigenvalue weighted by atomic mass is 9.95. The minimum absolute atomic E-state index is 0.0587. The van der Waals surface area contributed by atoms with E-state index in [1.165, 1.54) is 6.33 Å². The fourth-order valence-electron chi connectivity index (χ4n) is 3.50. The predicted molar refractivity (Wildman–Crippen MR) is 95.4 cm³/mol. The van der Waals surface area contributed by atoms with Crippen LogP contribution in [-0.4, -0.2) is 42.3 Å². The number of imidazole rings is 1. The highest BCUT2D eigenvalue weighted by atomic mass is 16.2. The summed E-state index contributed by atoms with van der Waals surface area (Å²) >= 11 is 0. The number of aromatic nitrogens is 5. The van der Waals surface area contributed by atoms with Crippen LogP contribution < -0.4 is 0 Å². The number of pyridine rings is 1. The molecular weight excluding hydrogens is 328 g/mol. The number of nitrogens with one attached hydrogen (secondary N) is 1. The van der Waals surface area contributed by atoms with Gasteiger partial charge < -0.3 is 9.88 Å². The van der Waals surface area contributed by atoms with Gasteiger partial charge in [0.25, 0.3) is 5.91 Å². The van der Waals surface area contributed by atoms with Crippen molar-refractivity contribution in [3.63, 3.8) is 0 Å². The van der Waals surface area contributed by atoms with E-state index in [2.05, 4.69) is 31.8 Å². The lowest BCUT2D eigenvalue weighted by Crippen LogP contribution is -2.41. The highest BCUT2D eigenvalue weighted by Crippen LogP contribution is 2.34. The van der Waals surface area contributed by atoms with Gasteiger partial charge in [-0.25, -0.2) is 15.0 Å². The van der Waals surface area contributed by atoms with Crippen molar-refractivity contribution in [1.82, 2.24) is 29.8 Å². The molecule has 1 atom stereocenters. The number of carbonyl (C=O) groups excluding carboxylic acids is 1. The molecule has 0 radical (unpaired) electrons. The van der Waals surface area contributed by atoms with Crippen molar-refractivity contribution < 1.29 is 4.79 Å². The molecule has 1 aliphatic heterocycles. The Morgan fingerprint density at radius 3 is 3.04 bits per heavy atom. The lowest BCUT2D eigenvalue weighted by molar-refractivity contribution is 0.0688. The minimum atomic E-state index is -0.263. The van der Waals surface area contributed by atoms with Crippen LogP contribution in [0.5, 0.6) is 0 Å². The van der Waals surface area contributed by atoms with Crippen molar-refractivity contribution in [2.24, 2.45) is 0 Å². The summed E-state index contributed by atoms with van der Waals surface area (Å²) in [5.74, 6) is -0.0587. The SMILES string of the molecule is CCCc1ncncc1C(=O)N1CCc2[nH]cnc2[C@H]1c1cccnc1. The third-order valence-electron chi connectivity index (χ3n) is 4.70. The van der Waals surface area contributed by atoms with E-state index in [0.717, 1.165) is 41.9 Å². The van der Waals surface area contributed by atoms with Crippen molar-refractivity contribution in [3.8, 4) is 0 Å². The second-order valence-corrected chi connectivity index (χ2v) is 6.34. The molecule has 7 nitrogen and oxygen atoms in total. The van der Waals surface area contributed by atoms with E-state index < -0.39 is 0 Å². The molecule has 0 fully saturated rings. The molecule has 0 aromatic carbocycles. The lowest BCUT2D eigenvalue weighted by Gasteiger charge is -2.35. The maximum Gasteiger partial charge on any atom is 0.258 e. The first-order valence-electron chi connectivity index (χ1n) is 8.81. The highest BCUT2D eigenvalue weighted by Gasteiger charge is 2.35. The number of hydrogen-bond donors (Lipinski definition) is 1. The van der Waals surface area contributed by atoms with Crippen LogP contribution in [0.3, 0.4) is 0 Å².